The number of halogens is 2. The molecule has 0 unspecified atom stereocenters. The quantitative estimate of drug-likeness (QED) is 0.213. The minimum atomic E-state index is -0.559. The molecule has 0 atom stereocenters. The Morgan fingerprint density at radius 1 is 1.03 bits per heavy atom. The molecule has 8 heteroatoms. The molecule has 34 heavy (non-hydrogen) atoms. The molecule has 3 aromatic rings. The first-order valence-corrected chi connectivity index (χ1v) is 11.0. The zero-order chi connectivity index (χ0) is 24.5. The zero-order valence-electron chi connectivity index (χ0n) is 18.6. The Balaban J connectivity index is 1.74. The second-order valence-corrected chi connectivity index (χ2v) is 8.02. The van der Waals surface area contributed by atoms with Crippen molar-refractivity contribution in [3.05, 3.63) is 87.4 Å². The van der Waals surface area contributed by atoms with E-state index in [1.165, 1.54) is 12.1 Å². The average molecular weight is 497 g/mol. The molecule has 6 nitrogen and oxygen atoms in total. The van der Waals surface area contributed by atoms with Crippen LogP contribution in [0.4, 0.5) is 5.69 Å². The number of amides is 1. The summed E-state index contributed by atoms with van der Waals surface area (Å²) in [5, 5.41) is 12.9. The van der Waals surface area contributed by atoms with Gasteiger partial charge < -0.3 is 19.5 Å². The van der Waals surface area contributed by atoms with Crippen molar-refractivity contribution >= 4 is 40.9 Å². The largest absolute Gasteiger partial charge is 0.497 e. The van der Waals surface area contributed by atoms with E-state index in [0.717, 1.165) is 5.56 Å². The van der Waals surface area contributed by atoms with Gasteiger partial charge in [-0.1, -0.05) is 41.4 Å². The molecule has 0 aromatic heterocycles. The Labute approximate surface area is 208 Å². The summed E-state index contributed by atoms with van der Waals surface area (Å²) in [5.41, 5.74) is 1.84. The normalized spacial score (nSPS) is 10.9. The number of carbonyl (C=O) groups excluding carboxylic acids is 1. The molecular weight excluding hydrogens is 475 g/mol. The van der Waals surface area contributed by atoms with Crippen LogP contribution in [0.5, 0.6) is 17.2 Å². The molecule has 3 aromatic carbocycles. The summed E-state index contributed by atoms with van der Waals surface area (Å²) in [4.78, 5) is 12.7. The van der Waals surface area contributed by atoms with Crippen LogP contribution in [0.15, 0.2) is 66.2 Å². The Morgan fingerprint density at radius 3 is 2.50 bits per heavy atom. The first-order valence-electron chi connectivity index (χ1n) is 10.3. The first-order chi connectivity index (χ1) is 16.4. The van der Waals surface area contributed by atoms with Crippen LogP contribution in [0.3, 0.4) is 0 Å². The van der Waals surface area contributed by atoms with Crippen LogP contribution >= 0.6 is 23.2 Å². The van der Waals surface area contributed by atoms with Gasteiger partial charge in [0.1, 0.15) is 42.1 Å². The average Bonchev–Trinajstić information content (AvgIpc) is 2.81. The van der Waals surface area contributed by atoms with Crippen molar-refractivity contribution in [3.8, 4) is 23.3 Å². The van der Waals surface area contributed by atoms with E-state index in [4.69, 9.17) is 37.4 Å². The molecule has 1 N–H and O–H groups in total. The summed E-state index contributed by atoms with van der Waals surface area (Å²) in [6.45, 7) is 2.30. The van der Waals surface area contributed by atoms with Gasteiger partial charge in [-0.15, -0.1) is 0 Å². The van der Waals surface area contributed by atoms with E-state index in [0.29, 0.717) is 27.8 Å². The number of rotatable bonds is 9. The molecule has 0 spiro atoms. The van der Waals surface area contributed by atoms with Crippen molar-refractivity contribution in [2.24, 2.45) is 0 Å². The van der Waals surface area contributed by atoms with Crippen LogP contribution < -0.4 is 19.5 Å². The first kappa shape index (κ1) is 25.0. The van der Waals surface area contributed by atoms with Crippen LogP contribution in [-0.2, 0) is 4.79 Å². The zero-order valence-corrected chi connectivity index (χ0v) is 20.1. The Morgan fingerprint density at radius 2 is 1.76 bits per heavy atom. The fourth-order valence-corrected chi connectivity index (χ4v) is 3.62. The minimum Gasteiger partial charge on any atom is -0.497 e. The fourth-order valence-electron chi connectivity index (χ4n) is 3.06. The topological polar surface area (TPSA) is 80.6 Å². The monoisotopic (exact) mass is 496 g/mol. The summed E-state index contributed by atoms with van der Waals surface area (Å²) in [6.07, 6.45) is 1.39. The van der Waals surface area contributed by atoms with Crippen molar-refractivity contribution in [2.45, 2.75) is 6.92 Å². The number of nitrogens with zero attached hydrogens (tertiary/aromatic N) is 1. The summed E-state index contributed by atoms with van der Waals surface area (Å²) < 4.78 is 16.7. The van der Waals surface area contributed by atoms with Gasteiger partial charge in [0.25, 0.3) is 5.91 Å². The van der Waals surface area contributed by atoms with Crippen molar-refractivity contribution in [2.75, 3.05) is 25.6 Å². The van der Waals surface area contributed by atoms with Gasteiger partial charge in [-0.2, -0.15) is 5.26 Å². The second kappa shape index (κ2) is 12.0. The molecular formula is C26H22Cl2N2O4. The van der Waals surface area contributed by atoms with Gasteiger partial charge in [0, 0.05) is 22.3 Å². The highest BCUT2D eigenvalue weighted by atomic mass is 35.5. The number of carbonyl (C=O) groups is 1. The number of hydrogen-bond acceptors (Lipinski definition) is 5. The van der Waals surface area contributed by atoms with Crippen molar-refractivity contribution in [3.63, 3.8) is 0 Å². The van der Waals surface area contributed by atoms with E-state index in [9.17, 15) is 10.1 Å². The predicted octanol–water partition coefficient (Wildman–Crippen LogP) is 6.31. The summed E-state index contributed by atoms with van der Waals surface area (Å²) in [6, 6.07) is 19.5. The minimum absolute atomic E-state index is 0.127. The Hall–Kier alpha value is -3.66. The number of hydrogen-bond donors (Lipinski definition) is 1. The summed E-state index contributed by atoms with van der Waals surface area (Å²) in [5.74, 6) is 1.04. The Bertz CT molecular complexity index is 1250. The molecule has 0 heterocycles. The van der Waals surface area contributed by atoms with Crippen LogP contribution in [0.2, 0.25) is 10.0 Å². The van der Waals surface area contributed by atoms with Gasteiger partial charge in [0.2, 0.25) is 0 Å². The van der Waals surface area contributed by atoms with Crippen molar-refractivity contribution in [1.29, 1.82) is 5.26 Å². The van der Waals surface area contributed by atoms with Gasteiger partial charge in [-0.05, 0) is 55.0 Å². The smallest absolute Gasteiger partial charge is 0.266 e. The summed E-state index contributed by atoms with van der Waals surface area (Å²) >= 11 is 12.5. The van der Waals surface area contributed by atoms with Crippen LogP contribution in [0, 0.1) is 18.3 Å². The highest BCUT2D eigenvalue weighted by Gasteiger charge is 2.15. The maximum atomic E-state index is 12.7. The lowest BCUT2D eigenvalue weighted by atomic mass is 10.1. The second-order valence-electron chi connectivity index (χ2n) is 7.18. The lowest BCUT2D eigenvalue weighted by Gasteiger charge is -2.13. The molecule has 0 radical (unpaired) electrons. The number of aryl methyl sites for hydroxylation is 1. The third-order valence-electron chi connectivity index (χ3n) is 4.62. The van der Waals surface area contributed by atoms with E-state index >= 15 is 0 Å². The standard InChI is InChI=1S/C26H22Cl2N2O4/c1-17-5-3-6-21(11-17)30-26(31)19(16-29)12-18-13-20(27)14-24(28)25(18)34-10-9-33-23-8-4-7-22(15-23)32-2/h3-8,11-15H,9-10H2,1-2H3,(H,30,31)/b19-12+. The molecule has 3 rings (SSSR count). The molecule has 0 aliphatic heterocycles. The van der Waals surface area contributed by atoms with Gasteiger partial charge >= 0.3 is 0 Å². The molecule has 0 saturated heterocycles. The van der Waals surface area contributed by atoms with Gasteiger partial charge in [-0.3, -0.25) is 4.79 Å². The van der Waals surface area contributed by atoms with Gasteiger partial charge in [0.05, 0.1) is 12.1 Å². The molecule has 0 bridgehead atoms. The number of ether oxygens (including phenoxy) is 3. The lowest BCUT2D eigenvalue weighted by Crippen LogP contribution is -2.14. The number of anilines is 1. The Kier molecular flexibility index (Phi) is 8.80. The number of methoxy groups -OCH3 is 1. The molecule has 0 fully saturated rings. The molecule has 1 amide bonds. The van der Waals surface area contributed by atoms with E-state index in [1.807, 2.05) is 37.3 Å². The van der Waals surface area contributed by atoms with E-state index < -0.39 is 5.91 Å². The highest BCUT2D eigenvalue weighted by Crippen LogP contribution is 2.34. The van der Waals surface area contributed by atoms with Crippen LogP contribution in [-0.4, -0.2) is 26.2 Å². The van der Waals surface area contributed by atoms with Crippen molar-refractivity contribution < 1.29 is 19.0 Å². The van der Waals surface area contributed by atoms with Crippen LogP contribution in [0.25, 0.3) is 6.08 Å². The van der Waals surface area contributed by atoms with Crippen molar-refractivity contribution in [1.82, 2.24) is 0 Å². The molecule has 174 valence electrons. The van der Waals surface area contributed by atoms with Crippen LogP contribution in [0.1, 0.15) is 11.1 Å². The van der Waals surface area contributed by atoms with E-state index in [1.54, 1.807) is 37.4 Å². The molecule has 0 aliphatic carbocycles. The number of nitrogens with one attached hydrogen (secondary N) is 1. The fraction of sp³-hybridized carbons (Fsp3) is 0.154. The lowest BCUT2D eigenvalue weighted by molar-refractivity contribution is -0.112. The maximum Gasteiger partial charge on any atom is 0.266 e. The number of benzene rings is 3. The predicted molar refractivity (Wildman–Crippen MR) is 134 cm³/mol. The SMILES string of the molecule is COc1cccc(OCCOc2c(Cl)cc(Cl)cc2/C=C(\C#N)C(=O)Nc2cccc(C)c2)c1. The van der Waals surface area contributed by atoms with E-state index in [-0.39, 0.29) is 29.6 Å². The summed E-state index contributed by atoms with van der Waals surface area (Å²) in [7, 11) is 1.58. The molecule has 0 saturated carbocycles. The highest BCUT2D eigenvalue weighted by molar-refractivity contribution is 6.36. The third-order valence-corrected chi connectivity index (χ3v) is 5.12. The van der Waals surface area contributed by atoms with Gasteiger partial charge in [-0.25, -0.2) is 0 Å². The van der Waals surface area contributed by atoms with E-state index in [2.05, 4.69) is 5.32 Å². The maximum absolute atomic E-state index is 12.7. The third kappa shape index (κ3) is 6.92. The van der Waals surface area contributed by atoms with Gasteiger partial charge in [0.15, 0.2) is 0 Å². The molecule has 0 aliphatic rings. The number of nitriles is 1.